The van der Waals surface area contributed by atoms with Gasteiger partial charge in [-0.3, -0.25) is 0 Å². The third kappa shape index (κ3) is 2.19. The normalized spacial score (nSPS) is 23.0. The van der Waals surface area contributed by atoms with Gasteiger partial charge in [0.05, 0.1) is 12.7 Å². The average Bonchev–Trinajstić information content (AvgIpc) is 2.03. The van der Waals surface area contributed by atoms with Crippen molar-refractivity contribution in [2.45, 2.75) is 6.10 Å². The van der Waals surface area contributed by atoms with E-state index in [4.69, 9.17) is 4.74 Å². The van der Waals surface area contributed by atoms with Gasteiger partial charge in [0.2, 0.25) is 0 Å². The van der Waals surface area contributed by atoms with Crippen molar-refractivity contribution in [1.29, 1.82) is 0 Å². The van der Waals surface area contributed by atoms with Gasteiger partial charge in [-0.05, 0) is 0 Å². The Morgan fingerprint density at radius 1 is 1.40 bits per heavy atom. The molecular formula is C9H11O. The van der Waals surface area contributed by atoms with Gasteiger partial charge in [-0.1, -0.05) is 30.4 Å². The molecule has 0 fully saturated rings. The highest BCUT2D eigenvalue weighted by Gasteiger charge is 2.02. The first-order valence-corrected chi connectivity index (χ1v) is 3.34. The second-order valence-corrected chi connectivity index (χ2v) is 2.05. The zero-order valence-electron chi connectivity index (χ0n) is 5.86. The van der Waals surface area contributed by atoms with E-state index in [-0.39, 0.29) is 6.10 Å². The summed E-state index contributed by atoms with van der Waals surface area (Å²) in [6, 6.07) is 0. The minimum absolute atomic E-state index is 0.142. The first-order valence-electron chi connectivity index (χ1n) is 3.34. The van der Waals surface area contributed by atoms with Crippen LogP contribution in [0.5, 0.6) is 0 Å². The predicted octanol–water partition coefficient (Wildman–Crippen LogP) is 1.89. The summed E-state index contributed by atoms with van der Waals surface area (Å²) in [4.78, 5) is 0. The Morgan fingerprint density at radius 2 is 2.30 bits per heavy atom. The van der Waals surface area contributed by atoms with Gasteiger partial charge in [0.15, 0.2) is 0 Å². The summed E-state index contributed by atoms with van der Waals surface area (Å²) in [5, 5.41) is 0. The summed E-state index contributed by atoms with van der Waals surface area (Å²) in [5.41, 5.74) is 0. The fourth-order valence-electron chi connectivity index (χ4n) is 0.766. The highest BCUT2D eigenvalue weighted by molar-refractivity contribution is 5.20. The second kappa shape index (κ2) is 4.07. The van der Waals surface area contributed by atoms with E-state index in [0.717, 1.165) is 0 Å². The minimum Gasteiger partial charge on any atom is -0.369 e. The molecule has 1 atom stereocenters. The van der Waals surface area contributed by atoms with E-state index in [0.29, 0.717) is 6.61 Å². The molecule has 1 unspecified atom stereocenters. The van der Waals surface area contributed by atoms with Gasteiger partial charge >= 0.3 is 0 Å². The van der Waals surface area contributed by atoms with E-state index >= 15 is 0 Å². The van der Waals surface area contributed by atoms with Crippen LogP contribution in [0, 0.1) is 6.42 Å². The quantitative estimate of drug-likeness (QED) is 0.537. The molecule has 10 heavy (non-hydrogen) atoms. The van der Waals surface area contributed by atoms with Crippen LogP contribution in [-0.4, -0.2) is 12.7 Å². The Kier molecular flexibility index (Phi) is 2.97. The second-order valence-electron chi connectivity index (χ2n) is 2.05. The number of allylic oxidation sites excluding steroid dienone is 2. The zero-order chi connectivity index (χ0) is 7.23. The summed E-state index contributed by atoms with van der Waals surface area (Å²) in [5.74, 6) is 0. The monoisotopic (exact) mass is 135 g/mol. The minimum atomic E-state index is 0.142. The molecule has 1 aliphatic rings. The molecule has 1 radical (unpaired) electrons. The lowest BCUT2D eigenvalue weighted by atomic mass is 10.1. The van der Waals surface area contributed by atoms with Crippen LogP contribution in [0.1, 0.15) is 0 Å². The van der Waals surface area contributed by atoms with Gasteiger partial charge in [0, 0.05) is 6.42 Å². The maximum Gasteiger partial charge on any atom is 0.0832 e. The molecule has 0 aromatic heterocycles. The van der Waals surface area contributed by atoms with E-state index in [1.807, 2.05) is 30.7 Å². The van der Waals surface area contributed by atoms with Crippen LogP contribution in [-0.2, 0) is 4.74 Å². The summed E-state index contributed by atoms with van der Waals surface area (Å²) in [6.45, 7) is 4.17. The van der Waals surface area contributed by atoms with Crippen molar-refractivity contribution in [2.24, 2.45) is 0 Å². The standard InChI is InChI=1S/C9H11O/c1-2-8-10-9-6-4-3-5-7-9/h2-7,9H,1,8H2. The van der Waals surface area contributed by atoms with Crippen molar-refractivity contribution in [2.75, 3.05) is 6.61 Å². The summed E-state index contributed by atoms with van der Waals surface area (Å²) in [7, 11) is 0. The Bertz CT molecular complexity index is 156. The van der Waals surface area contributed by atoms with Crippen molar-refractivity contribution in [3.05, 3.63) is 43.4 Å². The Balaban J connectivity index is 2.23. The van der Waals surface area contributed by atoms with Gasteiger partial charge in [0.1, 0.15) is 0 Å². The van der Waals surface area contributed by atoms with Crippen LogP contribution in [0.25, 0.3) is 0 Å². The summed E-state index contributed by atoms with van der Waals surface area (Å²) >= 11 is 0. The lowest BCUT2D eigenvalue weighted by Gasteiger charge is -2.11. The van der Waals surface area contributed by atoms with Crippen molar-refractivity contribution >= 4 is 0 Å². The predicted molar refractivity (Wildman–Crippen MR) is 42.5 cm³/mol. The number of hydrogen-bond donors (Lipinski definition) is 0. The molecule has 0 heterocycles. The molecule has 0 aromatic rings. The smallest absolute Gasteiger partial charge is 0.0832 e. The maximum atomic E-state index is 5.32. The van der Waals surface area contributed by atoms with Crippen LogP contribution in [0.3, 0.4) is 0 Å². The van der Waals surface area contributed by atoms with Gasteiger partial charge in [-0.25, -0.2) is 0 Å². The Morgan fingerprint density at radius 3 is 2.90 bits per heavy atom. The first-order chi connectivity index (χ1) is 4.93. The SMILES string of the molecule is C=CCOC1[CH]C=CC=C1. The van der Waals surface area contributed by atoms with Crippen LogP contribution in [0.15, 0.2) is 37.0 Å². The lowest BCUT2D eigenvalue weighted by molar-refractivity contribution is 0.134. The number of hydrogen-bond acceptors (Lipinski definition) is 1. The summed E-state index contributed by atoms with van der Waals surface area (Å²) in [6.07, 6.45) is 11.8. The van der Waals surface area contributed by atoms with E-state index in [1.165, 1.54) is 0 Å². The molecule has 53 valence electrons. The molecule has 1 heteroatoms. The molecule has 1 nitrogen and oxygen atoms in total. The third-order valence-corrected chi connectivity index (χ3v) is 1.23. The van der Waals surface area contributed by atoms with Crippen LogP contribution in [0.2, 0.25) is 0 Å². The molecule has 0 bridgehead atoms. The van der Waals surface area contributed by atoms with E-state index in [2.05, 4.69) is 6.58 Å². The molecule has 1 aliphatic carbocycles. The molecule has 0 spiro atoms. The number of ether oxygens (including phenoxy) is 1. The van der Waals surface area contributed by atoms with Crippen molar-refractivity contribution in [3.8, 4) is 0 Å². The van der Waals surface area contributed by atoms with E-state index in [1.54, 1.807) is 6.08 Å². The van der Waals surface area contributed by atoms with Crippen LogP contribution in [0.4, 0.5) is 0 Å². The molecule has 0 aliphatic heterocycles. The van der Waals surface area contributed by atoms with Gasteiger partial charge in [-0.2, -0.15) is 0 Å². The van der Waals surface area contributed by atoms with Crippen molar-refractivity contribution in [1.82, 2.24) is 0 Å². The molecule has 0 aromatic carbocycles. The molecule has 0 N–H and O–H groups in total. The molecule has 0 saturated heterocycles. The van der Waals surface area contributed by atoms with Gasteiger partial charge in [0.25, 0.3) is 0 Å². The third-order valence-electron chi connectivity index (χ3n) is 1.23. The molecule has 0 amide bonds. The maximum absolute atomic E-state index is 5.32. The highest BCUT2D eigenvalue weighted by Crippen LogP contribution is 2.05. The first kappa shape index (κ1) is 7.29. The van der Waals surface area contributed by atoms with E-state index < -0.39 is 0 Å². The topological polar surface area (TPSA) is 9.23 Å². The van der Waals surface area contributed by atoms with Gasteiger partial charge in [-0.15, -0.1) is 6.58 Å². The van der Waals surface area contributed by atoms with Crippen molar-refractivity contribution < 1.29 is 4.74 Å². The van der Waals surface area contributed by atoms with Crippen molar-refractivity contribution in [3.63, 3.8) is 0 Å². The van der Waals surface area contributed by atoms with Gasteiger partial charge < -0.3 is 4.74 Å². The fraction of sp³-hybridized carbons (Fsp3) is 0.222. The summed E-state index contributed by atoms with van der Waals surface area (Å²) < 4.78 is 5.32. The lowest BCUT2D eigenvalue weighted by Crippen LogP contribution is -2.10. The van der Waals surface area contributed by atoms with Crippen LogP contribution >= 0.6 is 0 Å². The Hall–Kier alpha value is -0.820. The average molecular weight is 135 g/mol. The highest BCUT2D eigenvalue weighted by atomic mass is 16.5. The molecule has 1 rings (SSSR count). The largest absolute Gasteiger partial charge is 0.369 e. The van der Waals surface area contributed by atoms with Crippen LogP contribution < -0.4 is 0 Å². The molecular weight excluding hydrogens is 124 g/mol. The zero-order valence-corrected chi connectivity index (χ0v) is 5.86. The fourth-order valence-corrected chi connectivity index (χ4v) is 0.766. The Labute approximate surface area is 61.7 Å². The number of rotatable bonds is 3. The molecule has 0 saturated carbocycles. The van der Waals surface area contributed by atoms with E-state index in [9.17, 15) is 0 Å².